The van der Waals surface area contributed by atoms with Crippen molar-refractivity contribution >= 4 is 11.2 Å². The summed E-state index contributed by atoms with van der Waals surface area (Å²) in [5, 5.41) is 8.96. The van der Waals surface area contributed by atoms with Gasteiger partial charge in [0.15, 0.2) is 0 Å². The molecule has 2 aromatic heterocycles. The molecule has 4 nitrogen and oxygen atoms in total. The van der Waals surface area contributed by atoms with Gasteiger partial charge in [0.2, 0.25) is 5.65 Å². The average molecular weight is 362 g/mol. The molecule has 0 N–H and O–H groups in total. The van der Waals surface area contributed by atoms with Gasteiger partial charge in [0.1, 0.15) is 11.1 Å². The summed E-state index contributed by atoms with van der Waals surface area (Å²) in [6, 6.07) is 35.3. The maximum atomic E-state index is 4.60. The summed E-state index contributed by atoms with van der Waals surface area (Å²) < 4.78 is 2.00. The number of hydrogen-bond acceptors (Lipinski definition) is 3. The molecule has 0 saturated carbocycles. The highest BCUT2D eigenvalue weighted by Gasteiger charge is 2.40. The summed E-state index contributed by atoms with van der Waals surface area (Å²) in [6.45, 7) is 0. The predicted octanol–water partition coefficient (Wildman–Crippen LogP) is 4.67. The first-order valence-corrected chi connectivity index (χ1v) is 9.24. The largest absolute Gasteiger partial charge is 0.234 e. The number of benzene rings is 3. The normalized spacial score (nSPS) is 11.6. The first kappa shape index (κ1) is 16.4. The van der Waals surface area contributed by atoms with Crippen molar-refractivity contribution < 1.29 is 0 Å². The number of nitrogens with zero attached hydrogens (tertiary/aromatic N) is 4. The van der Waals surface area contributed by atoms with E-state index in [-0.39, 0.29) is 0 Å². The highest BCUT2D eigenvalue weighted by Crippen LogP contribution is 2.41. The molecular formula is C24H18N4. The summed E-state index contributed by atoms with van der Waals surface area (Å²) in [5.74, 6) is 0. The third-order valence-corrected chi connectivity index (χ3v) is 5.12. The molecule has 0 aliphatic heterocycles. The Morgan fingerprint density at radius 3 is 1.57 bits per heavy atom. The zero-order valence-corrected chi connectivity index (χ0v) is 15.2. The maximum Gasteiger partial charge on any atom is 0.201 e. The zero-order chi connectivity index (χ0) is 18.8. The summed E-state index contributed by atoms with van der Waals surface area (Å²) in [4.78, 5) is 4.40. The minimum Gasteiger partial charge on any atom is -0.234 e. The topological polar surface area (TPSA) is 43.6 Å². The van der Waals surface area contributed by atoms with Crippen molar-refractivity contribution in [2.45, 2.75) is 5.54 Å². The second-order valence-corrected chi connectivity index (χ2v) is 6.66. The van der Waals surface area contributed by atoms with Gasteiger partial charge in [-0.05, 0) is 28.8 Å². The predicted molar refractivity (Wildman–Crippen MR) is 110 cm³/mol. The molecule has 0 bridgehead atoms. The molecule has 5 rings (SSSR count). The van der Waals surface area contributed by atoms with Crippen LogP contribution >= 0.6 is 0 Å². The van der Waals surface area contributed by atoms with Crippen LogP contribution in [-0.4, -0.2) is 20.0 Å². The van der Waals surface area contributed by atoms with Crippen molar-refractivity contribution in [3.8, 4) is 0 Å². The molecule has 0 saturated heterocycles. The molecule has 4 heteroatoms. The average Bonchev–Trinajstić information content (AvgIpc) is 3.21. The second-order valence-electron chi connectivity index (χ2n) is 6.66. The van der Waals surface area contributed by atoms with Crippen LogP contribution in [0.25, 0.3) is 11.2 Å². The number of fused-ring (bicyclic) bond motifs is 1. The standard InChI is InChI=1S/C24H18N4/c1-4-11-19(12-5-1)24(20-13-6-2-7-14-20,21-15-8-3-9-16-21)28-22-17-10-18-25-23(22)26-27-28/h1-18H. The molecular weight excluding hydrogens is 344 g/mol. The van der Waals surface area contributed by atoms with Crippen molar-refractivity contribution in [3.63, 3.8) is 0 Å². The van der Waals surface area contributed by atoms with Gasteiger partial charge in [-0.3, -0.25) is 0 Å². The van der Waals surface area contributed by atoms with Crippen molar-refractivity contribution in [2.24, 2.45) is 0 Å². The molecule has 0 aliphatic rings. The Bertz CT molecular complexity index is 1100. The molecule has 134 valence electrons. The minimum atomic E-state index is -0.665. The fourth-order valence-corrected chi connectivity index (χ4v) is 3.92. The van der Waals surface area contributed by atoms with E-state index in [0.29, 0.717) is 5.65 Å². The van der Waals surface area contributed by atoms with Crippen LogP contribution in [0.4, 0.5) is 0 Å². The quantitative estimate of drug-likeness (QED) is 0.437. The number of hydrogen-bond donors (Lipinski definition) is 0. The third-order valence-electron chi connectivity index (χ3n) is 5.12. The van der Waals surface area contributed by atoms with E-state index < -0.39 is 5.54 Å². The maximum absolute atomic E-state index is 4.60. The Morgan fingerprint density at radius 2 is 1.07 bits per heavy atom. The van der Waals surface area contributed by atoms with Gasteiger partial charge in [0, 0.05) is 6.20 Å². The fourth-order valence-electron chi connectivity index (χ4n) is 3.92. The molecule has 28 heavy (non-hydrogen) atoms. The van der Waals surface area contributed by atoms with Gasteiger partial charge in [-0.1, -0.05) is 96.2 Å². The van der Waals surface area contributed by atoms with E-state index in [2.05, 4.69) is 88.1 Å². The lowest BCUT2D eigenvalue weighted by atomic mass is 9.77. The van der Waals surface area contributed by atoms with Gasteiger partial charge >= 0.3 is 0 Å². The van der Waals surface area contributed by atoms with E-state index in [4.69, 9.17) is 0 Å². The Balaban J connectivity index is 1.96. The Kier molecular flexibility index (Phi) is 3.95. The van der Waals surface area contributed by atoms with E-state index in [1.807, 2.05) is 35.0 Å². The number of aromatic nitrogens is 4. The Hall–Kier alpha value is -3.79. The lowest BCUT2D eigenvalue weighted by molar-refractivity contribution is 0.460. The van der Waals surface area contributed by atoms with Crippen LogP contribution in [0.5, 0.6) is 0 Å². The zero-order valence-electron chi connectivity index (χ0n) is 15.2. The van der Waals surface area contributed by atoms with Crippen LogP contribution in [0.2, 0.25) is 0 Å². The van der Waals surface area contributed by atoms with Crippen LogP contribution in [0.15, 0.2) is 109 Å². The first-order valence-electron chi connectivity index (χ1n) is 9.24. The number of pyridine rings is 1. The molecule has 0 spiro atoms. The van der Waals surface area contributed by atoms with Gasteiger partial charge in [0.05, 0.1) is 0 Å². The van der Waals surface area contributed by atoms with Gasteiger partial charge < -0.3 is 0 Å². The van der Waals surface area contributed by atoms with Gasteiger partial charge in [-0.2, -0.15) is 0 Å². The van der Waals surface area contributed by atoms with E-state index in [0.717, 1.165) is 22.2 Å². The van der Waals surface area contributed by atoms with Crippen molar-refractivity contribution in [1.29, 1.82) is 0 Å². The Morgan fingerprint density at radius 1 is 0.571 bits per heavy atom. The summed E-state index contributed by atoms with van der Waals surface area (Å²) in [7, 11) is 0. The smallest absolute Gasteiger partial charge is 0.201 e. The van der Waals surface area contributed by atoms with Gasteiger partial charge in [-0.15, -0.1) is 5.10 Å². The van der Waals surface area contributed by atoms with Crippen LogP contribution < -0.4 is 0 Å². The van der Waals surface area contributed by atoms with Crippen molar-refractivity contribution in [1.82, 2.24) is 20.0 Å². The van der Waals surface area contributed by atoms with Crippen LogP contribution in [0, 0.1) is 0 Å². The van der Waals surface area contributed by atoms with Crippen molar-refractivity contribution in [3.05, 3.63) is 126 Å². The lowest BCUT2D eigenvalue weighted by Gasteiger charge is -2.36. The highest BCUT2D eigenvalue weighted by molar-refractivity contribution is 5.71. The van der Waals surface area contributed by atoms with Crippen LogP contribution in [-0.2, 0) is 5.54 Å². The minimum absolute atomic E-state index is 0.634. The van der Waals surface area contributed by atoms with E-state index >= 15 is 0 Å². The molecule has 3 aromatic carbocycles. The van der Waals surface area contributed by atoms with Gasteiger partial charge in [-0.25, -0.2) is 9.67 Å². The molecule has 0 amide bonds. The summed E-state index contributed by atoms with van der Waals surface area (Å²) >= 11 is 0. The van der Waals surface area contributed by atoms with Crippen molar-refractivity contribution in [2.75, 3.05) is 0 Å². The second kappa shape index (κ2) is 6.74. The molecule has 0 aliphatic carbocycles. The SMILES string of the molecule is c1ccc(C(c2ccccc2)(c2ccccc2)n2nnc3ncccc32)cc1. The van der Waals surface area contributed by atoms with E-state index in [9.17, 15) is 0 Å². The van der Waals surface area contributed by atoms with E-state index in [1.165, 1.54) is 0 Å². The Labute approximate surface area is 163 Å². The highest BCUT2D eigenvalue weighted by atomic mass is 15.5. The van der Waals surface area contributed by atoms with Crippen LogP contribution in [0.3, 0.4) is 0 Å². The molecule has 0 unspecified atom stereocenters. The summed E-state index contributed by atoms with van der Waals surface area (Å²) in [5.41, 5.74) is 4.20. The monoisotopic (exact) mass is 362 g/mol. The van der Waals surface area contributed by atoms with Gasteiger partial charge in [0.25, 0.3) is 0 Å². The molecule has 5 aromatic rings. The third kappa shape index (κ3) is 2.42. The molecule has 2 heterocycles. The molecule has 0 atom stereocenters. The van der Waals surface area contributed by atoms with E-state index in [1.54, 1.807) is 6.20 Å². The number of rotatable bonds is 4. The van der Waals surface area contributed by atoms with Crippen LogP contribution in [0.1, 0.15) is 16.7 Å². The summed E-state index contributed by atoms with van der Waals surface area (Å²) in [6.07, 6.45) is 1.75. The molecule has 0 fully saturated rings. The lowest BCUT2D eigenvalue weighted by Crippen LogP contribution is -2.38. The molecule has 0 radical (unpaired) electrons. The fraction of sp³-hybridized carbons (Fsp3) is 0.0417. The first-order chi connectivity index (χ1) is 13.9.